The van der Waals surface area contributed by atoms with Gasteiger partial charge >= 0.3 is 0 Å². The van der Waals surface area contributed by atoms with Gasteiger partial charge in [0.05, 0.1) is 22.6 Å². The first-order valence-electron chi connectivity index (χ1n) is 13.2. The monoisotopic (exact) mass is 486 g/mol. The van der Waals surface area contributed by atoms with E-state index in [1.165, 1.54) is 19.1 Å². The molecule has 7 heteroatoms. The number of aliphatic hydroxyl groups is 1. The van der Waals surface area contributed by atoms with Crippen LogP contribution < -0.4 is 10.1 Å². The molecule has 8 rings (SSSR count). The lowest BCUT2D eigenvalue weighted by molar-refractivity contribution is -0.191. The van der Waals surface area contributed by atoms with Gasteiger partial charge in [-0.2, -0.15) is 0 Å². The number of aromatic hydroxyl groups is 1. The average molecular weight is 487 g/mol. The minimum absolute atomic E-state index is 0.0235. The number of amides is 1. The molecule has 5 aliphatic rings. The van der Waals surface area contributed by atoms with Gasteiger partial charge in [-0.1, -0.05) is 24.3 Å². The highest BCUT2D eigenvalue weighted by Gasteiger charge is 2.73. The van der Waals surface area contributed by atoms with E-state index >= 15 is 0 Å². The number of phenols is 1. The maximum Gasteiger partial charge on any atom is 0.255 e. The van der Waals surface area contributed by atoms with Crippen molar-refractivity contribution in [3.63, 3.8) is 0 Å². The first-order chi connectivity index (χ1) is 17.5. The SMILES string of the molecule is O=C(N[C@H]1CC[C@@]2(O)[C@H]3Cc4ccc(O)c5c4[C@@]2(CCN3CC2CC2)[C@H]1O5)c1coc2ccccc12. The summed E-state index contributed by atoms with van der Waals surface area (Å²) in [6.45, 7) is 1.94. The number of nitrogens with one attached hydrogen (secondary N) is 1. The molecule has 1 aromatic heterocycles. The van der Waals surface area contributed by atoms with Gasteiger partial charge in [0.25, 0.3) is 5.91 Å². The third-order valence-electron chi connectivity index (χ3n) is 9.80. The van der Waals surface area contributed by atoms with Crippen LogP contribution >= 0.6 is 0 Å². The molecule has 1 spiro atoms. The van der Waals surface area contributed by atoms with Gasteiger partial charge in [-0.25, -0.2) is 0 Å². The quantitative estimate of drug-likeness (QED) is 0.523. The number of para-hydroxylation sites is 1. The van der Waals surface area contributed by atoms with E-state index < -0.39 is 17.1 Å². The van der Waals surface area contributed by atoms with Crippen LogP contribution in [0.1, 0.15) is 53.6 Å². The Morgan fingerprint density at radius 1 is 1.14 bits per heavy atom. The number of phenolic OH excluding ortho intramolecular Hbond substituents is 1. The van der Waals surface area contributed by atoms with Crippen molar-refractivity contribution in [3.8, 4) is 11.5 Å². The van der Waals surface area contributed by atoms with E-state index in [1.54, 1.807) is 6.07 Å². The van der Waals surface area contributed by atoms with E-state index in [4.69, 9.17) is 9.15 Å². The molecule has 3 heterocycles. The maximum absolute atomic E-state index is 13.5. The number of nitrogens with zero attached hydrogens (tertiary/aromatic N) is 1. The second-order valence-corrected chi connectivity index (χ2v) is 11.6. The lowest BCUT2D eigenvalue weighted by atomic mass is 9.48. The molecule has 2 saturated carbocycles. The number of hydrogen-bond donors (Lipinski definition) is 3. The molecule has 0 radical (unpaired) electrons. The van der Waals surface area contributed by atoms with Crippen LogP contribution in [0, 0.1) is 5.92 Å². The fraction of sp³-hybridized carbons (Fsp3) is 0.483. The maximum atomic E-state index is 13.5. The van der Waals surface area contributed by atoms with Crippen LogP contribution in [0.3, 0.4) is 0 Å². The number of furan rings is 1. The van der Waals surface area contributed by atoms with Crippen LogP contribution in [0.4, 0.5) is 0 Å². The summed E-state index contributed by atoms with van der Waals surface area (Å²) in [5, 5.41) is 27.4. The molecule has 3 aromatic rings. The van der Waals surface area contributed by atoms with Crippen LogP contribution in [0.25, 0.3) is 11.0 Å². The molecule has 1 amide bonds. The minimum atomic E-state index is -0.958. The molecule has 5 atom stereocenters. The summed E-state index contributed by atoms with van der Waals surface area (Å²) in [7, 11) is 0. The predicted octanol–water partition coefficient (Wildman–Crippen LogP) is 3.50. The number of piperidine rings is 1. The van der Waals surface area contributed by atoms with Crippen molar-refractivity contribution in [3.05, 3.63) is 59.4 Å². The van der Waals surface area contributed by atoms with E-state index in [-0.39, 0.29) is 23.7 Å². The number of fused-ring (bicyclic) bond motifs is 1. The Morgan fingerprint density at radius 2 is 2.00 bits per heavy atom. The van der Waals surface area contributed by atoms with Gasteiger partial charge in [-0.05, 0) is 68.7 Å². The molecule has 0 unspecified atom stereocenters. The lowest BCUT2D eigenvalue weighted by Gasteiger charge is -2.64. The highest BCUT2D eigenvalue weighted by molar-refractivity contribution is 6.06. The summed E-state index contributed by atoms with van der Waals surface area (Å²) in [6, 6.07) is 11.0. The Kier molecular flexibility index (Phi) is 4.13. The molecule has 2 aromatic carbocycles. The summed E-state index contributed by atoms with van der Waals surface area (Å²) in [6.07, 6.45) is 6.36. The van der Waals surface area contributed by atoms with Gasteiger partial charge in [-0.15, -0.1) is 0 Å². The Labute approximate surface area is 209 Å². The number of carbonyl (C=O) groups excluding carboxylic acids is 1. The van der Waals surface area contributed by atoms with Gasteiger partial charge in [0.15, 0.2) is 11.5 Å². The molecular formula is C29H30N2O5. The van der Waals surface area contributed by atoms with E-state index in [1.807, 2.05) is 30.3 Å². The molecule has 186 valence electrons. The zero-order valence-corrected chi connectivity index (χ0v) is 20.1. The molecule has 1 saturated heterocycles. The molecule has 7 nitrogen and oxygen atoms in total. The Balaban J connectivity index is 1.20. The predicted molar refractivity (Wildman–Crippen MR) is 132 cm³/mol. The molecular weight excluding hydrogens is 456 g/mol. The highest BCUT2D eigenvalue weighted by atomic mass is 16.5. The number of benzene rings is 2. The van der Waals surface area contributed by atoms with Gasteiger partial charge in [0.1, 0.15) is 18.0 Å². The van der Waals surface area contributed by atoms with Crippen LogP contribution in [0.2, 0.25) is 0 Å². The minimum Gasteiger partial charge on any atom is -0.504 e. The van der Waals surface area contributed by atoms with E-state index in [0.29, 0.717) is 29.7 Å². The zero-order valence-electron chi connectivity index (χ0n) is 20.1. The summed E-state index contributed by atoms with van der Waals surface area (Å²) in [4.78, 5) is 16.0. The third kappa shape index (κ3) is 2.57. The Hall–Kier alpha value is -3.03. The molecule has 2 bridgehead atoms. The zero-order chi connectivity index (χ0) is 24.2. The summed E-state index contributed by atoms with van der Waals surface area (Å²) < 4.78 is 12.2. The fourth-order valence-electron chi connectivity index (χ4n) is 8.03. The molecule has 36 heavy (non-hydrogen) atoms. The van der Waals surface area contributed by atoms with Crippen LogP contribution in [-0.4, -0.2) is 57.9 Å². The van der Waals surface area contributed by atoms with Gasteiger partial charge < -0.3 is 24.7 Å². The van der Waals surface area contributed by atoms with E-state index in [9.17, 15) is 15.0 Å². The second kappa shape index (κ2) is 7.05. The molecule has 3 fully saturated rings. The first kappa shape index (κ1) is 21.1. The van der Waals surface area contributed by atoms with Crippen molar-refractivity contribution >= 4 is 16.9 Å². The van der Waals surface area contributed by atoms with E-state index in [0.717, 1.165) is 48.4 Å². The van der Waals surface area contributed by atoms with Crippen molar-refractivity contribution in [2.45, 2.75) is 67.7 Å². The van der Waals surface area contributed by atoms with E-state index in [2.05, 4.69) is 10.2 Å². The van der Waals surface area contributed by atoms with Crippen LogP contribution in [-0.2, 0) is 11.8 Å². The first-order valence-corrected chi connectivity index (χ1v) is 13.2. The van der Waals surface area contributed by atoms with Crippen molar-refractivity contribution in [1.29, 1.82) is 0 Å². The normalized spacial score (nSPS) is 34.3. The number of likely N-dealkylation sites (tertiary alicyclic amines) is 1. The molecule has 2 aliphatic heterocycles. The van der Waals surface area contributed by atoms with Gasteiger partial charge in [0.2, 0.25) is 0 Å². The molecule has 3 N–H and O–H groups in total. The number of carbonyl (C=O) groups is 1. The topological polar surface area (TPSA) is 95.2 Å². The number of ether oxygens (including phenoxy) is 1. The van der Waals surface area contributed by atoms with Gasteiger partial charge in [-0.3, -0.25) is 9.69 Å². The smallest absolute Gasteiger partial charge is 0.255 e. The lowest BCUT2D eigenvalue weighted by Crippen LogP contribution is -2.78. The highest BCUT2D eigenvalue weighted by Crippen LogP contribution is 2.65. The second-order valence-electron chi connectivity index (χ2n) is 11.6. The number of rotatable bonds is 4. The van der Waals surface area contributed by atoms with Crippen LogP contribution in [0.15, 0.2) is 47.1 Å². The average Bonchev–Trinajstić information content (AvgIpc) is 3.46. The van der Waals surface area contributed by atoms with Crippen molar-refractivity contribution in [2.75, 3.05) is 13.1 Å². The molecule has 3 aliphatic carbocycles. The Morgan fingerprint density at radius 3 is 2.86 bits per heavy atom. The Bertz CT molecular complexity index is 1410. The van der Waals surface area contributed by atoms with Crippen LogP contribution in [0.5, 0.6) is 11.5 Å². The standard InChI is InChI=1S/C29H30N2O5/c32-21-8-7-17-13-23-29(34)10-9-20(30-27(33)19-15-35-22-4-2-1-3-18(19)22)26-28(29,24(17)25(21)36-26)11-12-31(23)14-16-5-6-16/h1-4,7-8,15-16,20,23,26,32,34H,5-6,9-14H2,(H,30,33)/t20-,23+,26-,28-,29+/m0/s1. The summed E-state index contributed by atoms with van der Waals surface area (Å²) in [5.74, 6) is 1.16. The largest absolute Gasteiger partial charge is 0.504 e. The fourth-order valence-corrected chi connectivity index (χ4v) is 8.03. The van der Waals surface area contributed by atoms with Crippen molar-refractivity contribution in [1.82, 2.24) is 10.2 Å². The number of hydrogen-bond acceptors (Lipinski definition) is 6. The van der Waals surface area contributed by atoms with Crippen molar-refractivity contribution < 1.29 is 24.2 Å². The summed E-state index contributed by atoms with van der Waals surface area (Å²) in [5.41, 5.74) is 1.72. The van der Waals surface area contributed by atoms with Crippen molar-refractivity contribution in [2.24, 2.45) is 5.92 Å². The van der Waals surface area contributed by atoms with Gasteiger partial charge in [0, 0.05) is 23.5 Å². The third-order valence-corrected chi connectivity index (χ3v) is 9.80. The summed E-state index contributed by atoms with van der Waals surface area (Å²) >= 11 is 0.